The third kappa shape index (κ3) is 5.92. The van der Waals surface area contributed by atoms with Crippen LogP contribution in [-0.2, 0) is 9.53 Å². The van der Waals surface area contributed by atoms with Gasteiger partial charge < -0.3 is 21.0 Å². The van der Waals surface area contributed by atoms with Crippen LogP contribution in [0, 0.1) is 0 Å². The van der Waals surface area contributed by atoms with E-state index in [1.165, 1.54) is 18.2 Å². The van der Waals surface area contributed by atoms with E-state index < -0.39 is 18.9 Å². The van der Waals surface area contributed by atoms with Crippen LogP contribution < -0.4 is 11.1 Å². The Morgan fingerprint density at radius 3 is 2.86 bits per heavy atom. The van der Waals surface area contributed by atoms with Gasteiger partial charge in [-0.05, 0) is 18.2 Å². The summed E-state index contributed by atoms with van der Waals surface area (Å²) >= 11 is 5.81. The maximum Gasteiger partial charge on any atom is 0.261 e. The Labute approximate surface area is 124 Å². The largest absolute Gasteiger partial charge is 0.409 e. The number of carbonyl (C=O) groups excluding carboxylic acids is 1. The quantitative estimate of drug-likeness (QED) is 0.235. The molecule has 0 radical (unpaired) electrons. The Morgan fingerprint density at radius 1 is 1.52 bits per heavy atom. The maximum atomic E-state index is 11.8. The molecule has 0 spiro atoms. The molecule has 116 valence electrons. The Hall–Kier alpha value is -1.93. The molecule has 9 heteroatoms. The molecule has 21 heavy (non-hydrogen) atoms. The number of halogens is 3. The number of hydrogen-bond acceptors (Lipinski definition) is 4. The molecule has 0 saturated heterocycles. The Bertz CT molecular complexity index is 526. The molecule has 0 aromatic heterocycles. The lowest BCUT2D eigenvalue weighted by Crippen LogP contribution is -2.20. The van der Waals surface area contributed by atoms with E-state index >= 15 is 0 Å². The van der Waals surface area contributed by atoms with E-state index in [2.05, 4.69) is 15.2 Å². The van der Waals surface area contributed by atoms with Crippen molar-refractivity contribution in [3.63, 3.8) is 0 Å². The fraction of sp³-hybridized carbons (Fsp3) is 0.333. The third-order valence-corrected chi connectivity index (χ3v) is 2.59. The van der Waals surface area contributed by atoms with Crippen LogP contribution in [0.2, 0.25) is 5.02 Å². The fourth-order valence-electron chi connectivity index (χ4n) is 1.45. The molecule has 1 aromatic rings. The zero-order valence-electron chi connectivity index (χ0n) is 10.9. The van der Waals surface area contributed by atoms with E-state index in [0.717, 1.165) is 0 Å². The highest BCUT2D eigenvalue weighted by atomic mass is 35.5. The van der Waals surface area contributed by atoms with Gasteiger partial charge in [0.1, 0.15) is 6.61 Å². The van der Waals surface area contributed by atoms with Gasteiger partial charge in [0.15, 0.2) is 5.84 Å². The predicted molar refractivity (Wildman–Crippen MR) is 74.0 cm³/mol. The van der Waals surface area contributed by atoms with Gasteiger partial charge in [0, 0.05) is 10.6 Å². The van der Waals surface area contributed by atoms with Gasteiger partial charge in [0.05, 0.1) is 18.7 Å². The number of nitrogens with one attached hydrogen (secondary N) is 1. The van der Waals surface area contributed by atoms with E-state index in [4.69, 9.17) is 22.5 Å². The van der Waals surface area contributed by atoms with E-state index in [0.29, 0.717) is 5.02 Å². The van der Waals surface area contributed by atoms with Crippen molar-refractivity contribution in [3.8, 4) is 0 Å². The van der Waals surface area contributed by atoms with Gasteiger partial charge in [-0.25, -0.2) is 8.78 Å². The Kier molecular flexibility index (Phi) is 6.83. The van der Waals surface area contributed by atoms with Gasteiger partial charge in [-0.2, -0.15) is 0 Å². The summed E-state index contributed by atoms with van der Waals surface area (Å²) in [6, 6.07) is 4.41. The number of benzene rings is 1. The van der Waals surface area contributed by atoms with E-state index in [1.807, 2.05) is 0 Å². The van der Waals surface area contributed by atoms with Crippen LogP contribution in [0.3, 0.4) is 0 Å². The van der Waals surface area contributed by atoms with Gasteiger partial charge in [-0.15, -0.1) is 0 Å². The van der Waals surface area contributed by atoms with Crippen molar-refractivity contribution in [2.45, 2.75) is 12.8 Å². The lowest BCUT2D eigenvalue weighted by molar-refractivity contribution is -0.117. The molecule has 0 aliphatic carbocycles. The highest BCUT2D eigenvalue weighted by Gasteiger charge is 2.11. The van der Waals surface area contributed by atoms with Gasteiger partial charge in [-0.3, -0.25) is 4.79 Å². The predicted octanol–water partition coefficient (Wildman–Crippen LogP) is 2.04. The summed E-state index contributed by atoms with van der Waals surface area (Å²) in [5.74, 6) is -0.672. The van der Waals surface area contributed by atoms with E-state index in [-0.39, 0.29) is 30.1 Å². The number of amides is 1. The molecule has 0 aliphatic heterocycles. The average Bonchev–Trinajstić information content (AvgIpc) is 2.43. The van der Waals surface area contributed by atoms with Crippen molar-refractivity contribution in [2.24, 2.45) is 10.9 Å². The minimum Gasteiger partial charge on any atom is -0.409 e. The molecule has 0 atom stereocenters. The molecule has 0 unspecified atom stereocenters. The fourth-order valence-corrected chi connectivity index (χ4v) is 1.62. The van der Waals surface area contributed by atoms with Crippen LogP contribution in [0.25, 0.3) is 0 Å². The number of rotatable bonds is 7. The molecule has 0 aliphatic rings. The average molecular weight is 322 g/mol. The highest BCUT2D eigenvalue weighted by molar-refractivity contribution is 6.31. The summed E-state index contributed by atoms with van der Waals surface area (Å²) < 4.78 is 28.3. The lowest BCUT2D eigenvalue weighted by atomic mass is 10.1. The first-order valence-corrected chi connectivity index (χ1v) is 6.25. The zero-order valence-corrected chi connectivity index (χ0v) is 11.6. The summed E-state index contributed by atoms with van der Waals surface area (Å²) in [5, 5.41) is 14.3. The number of ether oxygens (including phenoxy) is 1. The Morgan fingerprint density at radius 2 is 2.24 bits per heavy atom. The van der Waals surface area contributed by atoms with Crippen LogP contribution in [0.15, 0.2) is 23.4 Å². The van der Waals surface area contributed by atoms with Crippen LogP contribution >= 0.6 is 11.6 Å². The summed E-state index contributed by atoms with van der Waals surface area (Å²) in [4.78, 5) is 11.7. The van der Waals surface area contributed by atoms with Gasteiger partial charge in [0.25, 0.3) is 6.43 Å². The van der Waals surface area contributed by atoms with Gasteiger partial charge >= 0.3 is 0 Å². The van der Waals surface area contributed by atoms with Crippen LogP contribution in [0.5, 0.6) is 0 Å². The first-order chi connectivity index (χ1) is 9.93. The first-order valence-electron chi connectivity index (χ1n) is 5.87. The summed E-state index contributed by atoms with van der Waals surface area (Å²) in [7, 11) is 0. The monoisotopic (exact) mass is 321 g/mol. The van der Waals surface area contributed by atoms with Crippen LogP contribution in [0.1, 0.15) is 12.0 Å². The van der Waals surface area contributed by atoms with Crippen LogP contribution in [0.4, 0.5) is 14.5 Å². The van der Waals surface area contributed by atoms with Crippen molar-refractivity contribution in [2.75, 3.05) is 18.5 Å². The summed E-state index contributed by atoms with van der Waals surface area (Å²) in [5.41, 5.74) is 6.00. The van der Waals surface area contributed by atoms with Crippen molar-refractivity contribution < 1.29 is 23.5 Å². The second kappa shape index (κ2) is 8.38. The second-order valence-corrected chi connectivity index (χ2v) is 4.38. The molecule has 0 fully saturated rings. The van der Waals surface area contributed by atoms with Gasteiger partial charge in [0.2, 0.25) is 5.91 Å². The third-order valence-electron chi connectivity index (χ3n) is 2.36. The standard InChI is InChI=1S/C12H14ClF2N3O3/c13-7-1-2-8(12(16)18-20)9(5-7)17-11(19)3-4-21-6-10(14)15/h1-2,5,10,20H,3-4,6H2,(H2,16,18)(H,17,19). The SMILES string of the molecule is N/C(=N/O)c1ccc(Cl)cc1NC(=O)CCOCC(F)F. The van der Waals surface area contributed by atoms with Crippen LogP contribution in [-0.4, -0.2) is 36.6 Å². The van der Waals surface area contributed by atoms with E-state index in [9.17, 15) is 13.6 Å². The molecule has 0 heterocycles. The number of carbonyl (C=O) groups is 1. The van der Waals surface area contributed by atoms with E-state index in [1.54, 1.807) is 0 Å². The summed E-state index contributed by atoms with van der Waals surface area (Å²) in [6.07, 6.45) is -2.69. The number of anilines is 1. The number of nitrogens with zero attached hydrogens (tertiary/aromatic N) is 1. The minimum atomic E-state index is -2.58. The molecule has 4 N–H and O–H groups in total. The molecule has 6 nitrogen and oxygen atoms in total. The first kappa shape index (κ1) is 17.1. The van der Waals surface area contributed by atoms with Crippen molar-refractivity contribution in [1.82, 2.24) is 0 Å². The number of hydrogen-bond donors (Lipinski definition) is 3. The van der Waals surface area contributed by atoms with Crippen molar-refractivity contribution in [1.29, 1.82) is 0 Å². The molecule has 1 aromatic carbocycles. The molecule has 1 rings (SSSR count). The maximum absolute atomic E-state index is 11.8. The molecule has 0 saturated carbocycles. The molecule has 1 amide bonds. The van der Waals surface area contributed by atoms with Gasteiger partial charge in [-0.1, -0.05) is 16.8 Å². The molecular formula is C12H14ClF2N3O3. The normalized spacial score (nSPS) is 11.7. The topological polar surface area (TPSA) is 96.9 Å². The lowest BCUT2D eigenvalue weighted by Gasteiger charge is -2.11. The number of amidine groups is 1. The summed E-state index contributed by atoms with van der Waals surface area (Å²) in [6.45, 7) is -0.866. The number of oxime groups is 1. The molecular weight excluding hydrogens is 308 g/mol. The van der Waals surface area contributed by atoms with Crippen molar-refractivity contribution >= 4 is 29.0 Å². The second-order valence-electron chi connectivity index (χ2n) is 3.94. The number of nitrogens with two attached hydrogens (primary N) is 1. The number of alkyl halides is 2. The smallest absolute Gasteiger partial charge is 0.261 e. The van der Waals surface area contributed by atoms with Crippen molar-refractivity contribution in [3.05, 3.63) is 28.8 Å². The Balaban J connectivity index is 2.65. The minimum absolute atomic E-state index is 0.116. The highest BCUT2D eigenvalue weighted by Crippen LogP contribution is 2.21. The zero-order chi connectivity index (χ0) is 15.8. The molecule has 0 bridgehead atoms.